The van der Waals surface area contributed by atoms with Gasteiger partial charge in [-0.15, -0.1) is 0 Å². The Morgan fingerprint density at radius 1 is 1.11 bits per heavy atom. The zero-order valence-electron chi connectivity index (χ0n) is 11.8. The van der Waals surface area contributed by atoms with E-state index < -0.39 is 0 Å². The van der Waals surface area contributed by atoms with E-state index in [1.54, 1.807) is 31.3 Å². The van der Waals surface area contributed by atoms with Gasteiger partial charge in [-0.2, -0.15) is 0 Å². The van der Waals surface area contributed by atoms with Crippen LogP contribution >= 0.6 is 0 Å². The van der Waals surface area contributed by atoms with Crippen LogP contribution in [0.4, 0.5) is 5.69 Å². The van der Waals surface area contributed by atoms with Crippen LogP contribution in [0, 0.1) is 0 Å². The monoisotopic (exact) mass is 263 g/mol. The van der Waals surface area contributed by atoms with Gasteiger partial charge in [0.25, 0.3) is 5.91 Å². The van der Waals surface area contributed by atoms with E-state index >= 15 is 0 Å². The molecule has 0 unspecified atom stereocenters. The molecule has 0 fully saturated rings. The third-order valence-electron chi connectivity index (χ3n) is 2.34. The average molecular weight is 263 g/mol. The van der Waals surface area contributed by atoms with E-state index in [9.17, 15) is 9.59 Å². The maximum Gasteiger partial charge on any atom is 0.251 e. The number of amides is 2. The molecule has 5 heteroatoms. The number of benzene rings is 1. The molecule has 1 rings (SSSR count). The van der Waals surface area contributed by atoms with Gasteiger partial charge in [-0.1, -0.05) is 0 Å². The van der Waals surface area contributed by atoms with Crippen molar-refractivity contribution in [3.05, 3.63) is 29.8 Å². The van der Waals surface area contributed by atoms with Crippen molar-refractivity contribution in [2.45, 2.75) is 26.3 Å². The molecular formula is C14H21N3O2. The molecule has 0 saturated carbocycles. The number of carbonyl (C=O) groups is 2. The molecule has 1 aromatic carbocycles. The third-order valence-corrected chi connectivity index (χ3v) is 2.34. The zero-order chi connectivity index (χ0) is 14.5. The zero-order valence-corrected chi connectivity index (χ0v) is 11.8. The molecule has 0 heterocycles. The molecule has 0 aliphatic rings. The molecule has 0 saturated heterocycles. The average Bonchev–Trinajstić information content (AvgIpc) is 2.34. The highest BCUT2D eigenvalue weighted by Crippen LogP contribution is 2.09. The number of anilines is 1. The van der Waals surface area contributed by atoms with Gasteiger partial charge in [0, 0.05) is 23.8 Å². The van der Waals surface area contributed by atoms with Crippen LogP contribution in [0.15, 0.2) is 24.3 Å². The summed E-state index contributed by atoms with van der Waals surface area (Å²) >= 11 is 0. The normalized spacial score (nSPS) is 10.7. The molecule has 0 aliphatic carbocycles. The standard InChI is InChI=1S/C14H21N3O2/c1-14(2,3)17-12(18)9-16-11-7-5-10(6-8-11)13(19)15-4/h5-8,16H,9H2,1-4H3,(H,15,19)(H,17,18). The van der Waals surface area contributed by atoms with Crippen LogP contribution in [0.2, 0.25) is 0 Å². The summed E-state index contributed by atoms with van der Waals surface area (Å²) in [5.74, 6) is -0.195. The Bertz CT molecular complexity index is 447. The molecule has 0 atom stereocenters. The minimum Gasteiger partial charge on any atom is -0.376 e. The lowest BCUT2D eigenvalue weighted by Crippen LogP contribution is -2.43. The molecule has 5 nitrogen and oxygen atoms in total. The van der Waals surface area contributed by atoms with Gasteiger partial charge < -0.3 is 16.0 Å². The lowest BCUT2D eigenvalue weighted by Gasteiger charge is -2.20. The van der Waals surface area contributed by atoms with Gasteiger partial charge >= 0.3 is 0 Å². The fraction of sp³-hybridized carbons (Fsp3) is 0.429. The smallest absolute Gasteiger partial charge is 0.251 e. The van der Waals surface area contributed by atoms with Crippen molar-refractivity contribution in [3.63, 3.8) is 0 Å². The summed E-state index contributed by atoms with van der Waals surface area (Å²) in [6.45, 7) is 6.01. The topological polar surface area (TPSA) is 70.2 Å². The SMILES string of the molecule is CNC(=O)c1ccc(NCC(=O)NC(C)(C)C)cc1. The van der Waals surface area contributed by atoms with E-state index in [0.29, 0.717) is 5.56 Å². The van der Waals surface area contributed by atoms with Gasteiger partial charge in [0.2, 0.25) is 5.91 Å². The Labute approximate surface area is 113 Å². The van der Waals surface area contributed by atoms with Gasteiger partial charge in [0.05, 0.1) is 6.54 Å². The van der Waals surface area contributed by atoms with Crippen LogP contribution in [0.1, 0.15) is 31.1 Å². The first-order chi connectivity index (χ1) is 8.81. The molecule has 0 radical (unpaired) electrons. The number of nitrogens with one attached hydrogen (secondary N) is 3. The minimum atomic E-state index is -0.234. The van der Waals surface area contributed by atoms with Crippen LogP contribution in [-0.2, 0) is 4.79 Å². The Balaban J connectivity index is 2.50. The second-order valence-electron chi connectivity index (χ2n) is 5.31. The van der Waals surface area contributed by atoms with Crippen LogP contribution in [0.3, 0.4) is 0 Å². The van der Waals surface area contributed by atoms with Crippen molar-refractivity contribution >= 4 is 17.5 Å². The molecule has 0 spiro atoms. The summed E-state index contributed by atoms with van der Waals surface area (Å²) in [4.78, 5) is 23.0. The van der Waals surface area contributed by atoms with Crippen LogP contribution < -0.4 is 16.0 Å². The highest BCUT2D eigenvalue weighted by Gasteiger charge is 2.13. The minimum absolute atomic E-state index is 0.0668. The van der Waals surface area contributed by atoms with E-state index in [1.165, 1.54) is 0 Å². The van der Waals surface area contributed by atoms with Crippen molar-refractivity contribution in [2.75, 3.05) is 18.9 Å². The van der Waals surface area contributed by atoms with Crippen molar-refractivity contribution in [1.82, 2.24) is 10.6 Å². The predicted octanol–water partition coefficient (Wildman–Crippen LogP) is 1.37. The lowest BCUT2D eigenvalue weighted by atomic mass is 10.1. The van der Waals surface area contributed by atoms with Gasteiger partial charge in [-0.25, -0.2) is 0 Å². The van der Waals surface area contributed by atoms with Crippen molar-refractivity contribution in [1.29, 1.82) is 0 Å². The Hall–Kier alpha value is -2.04. The molecule has 0 bridgehead atoms. The first-order valence-corrected chi connectivity index (χ1v) is 6.19. The molecule has 0 aromatic heterocycles. The van der Waals surface area contributed by atoms with Crippen molar-refractivity contribution < 1.29 is 9.59 Å². The number of hydrogen-bond donors (Lipinski definition) is 3. The molecular weight excluding hydrogens is 242 g/mol. The maximum atomic E-state index is 11.6. The summed E-state index contributed by atoms with van der Waals surface area (Å²) in [7, 11) is 1.59. The Morgan fingerprint density at radius 2 is 1.68 bits per heavy atom. The van der Waals surface area contributed by atoms with Gasteiger partial charge in [-0.3, -0.25) is 9.59 Å². The first-order valence-electron chi connectivity index (χ1n) is 6.19. The molecule has 104 valence electrons. The van der Waals surface area contributed by atoms with Crippen LogP contribution in [-0.4, -0.2) is 30.9 Å². The fourth-order valence-electron chi connectivity index (χ4n) is 1.53. The van der Waals surface area contributed by atoms with E-state index in [0.717, 1.165) is 5.69 Å². The molecule has 0 aliphatic heterocycles. The number of rotatable bonds is 4. The molecule has 1 aromatic rings. The van der Waals surface area contributed by atoms with Crippen molar-refractivity contribution in [3.8, 4) is 0 Å². The molecule has 2 amide bonds. The number of hydrogen-bond acceptors (Lipinski definition) is 3. The number of carbonyl (C=O) groups excluding carboxylic acids is 2. The summed E-state index contributed by atoms with van der Waals surface area (Å²) < 4.78 is 0. The van der Waals surface area contributed by atoms with Gasteiger partial charge in [0.15, 0.2) is 0 Å². The highest BCUT2D eigenvalue weighted by atomic mass is 16.2. The van der Waals surface area contributed by atoms with E-state index in [1.807, 2.05) is 20.8 Å². The second-order valence-corrected chi connectivity index (χ2v) is 5.31. The quantitative estimate of drug-likeness (QED) is 0.768. The highest BCUT2D eigenvalue weighted by molar-refractivity contribution is 5.94. The van der Waals surface area contributed by atoms with Crippen molar-refractivity contribution in [2.24, 2.45) is 0 Å². The van der Waals surface area contributed by atoms with Crippen LogP contribution in [0.5, 0.6) is 0 Å². The molecule has 19 heavy (non-hydrogen) atoms. The largest absolute Gasteiger partial charge is 0.376 e. The third kappa shape index (κ3) is 5.42. The van der Waals surface area contributed by atoms with E-state index in [2.05, 4.69) is 16.0 Å². The maximum absolute atomic E-state index is 11.6. The van der Waals surface area contributed by atoms with E-state index in [4.69, 9.17) is 0 Å². The summed E-state index contributed by atoms with van der Waals surface area (Å²) in [6.07, 6.45) is 0. The first kappa shape index (κ1) is 15.0. The summed E-state index contributed by atoms with van der Waals surface area (Å²) in [5, 5.41) is 8.42. The summed E-state index contributed by atoms with van der Waals surface area (Å²) in [5.41, 5.74) is 1.16. The fourth-order valence-corrected chi connectivity index (χ4v) is 1.53. The van der Waals surface area contributed by atoms with Crippen LogP contribution in [0.25, 0.3) is 0 Å². The predicted molar refractivity (Wildman–Crippen MR) is 76.2 cm³/mol. The van der Waals surface area contributed by atoms with Gasteiger partial charge in [0.1, 0.15) is 0 Å². The van der Waals surface area contributed by atoms with Gasteiger partial charge in [-0.05, 0) is 45.0 Å². The summed E-state index contributed by atoms with van der Waals surface area (Å²) in [6, 6.07) is 6.97. The second kappa shape index (κ2) is 6.22. The Morgan fingerprint density at radius 3 is 2.16 bits per heavy atom. The molecule has 3 N–H and O–H groups in total. The Kier molecular flexibility index (Phi) is 4.92. The van der Waals surface area contributed by atoms with E-state index in [-0.39, 0.29) is 23.9 Å². The lowest BCUT2D eigenvalue weighted by molar-refractivity contribution is -0.120.